The van der Waals surface area contributed by atoms with Gasteiger partial charge in [0, 0.05) is 13.1 Å². The number of aryl methyl sites for hydroxylation is 2. The molecule has 29 heavy (non-hydrogen) atoms. The van der Waals surface area contributed by atoms with Crippen LogP contribution in [-0.4, -0.2) is 24.2 Å². The van der Waals surface area contributed by atoms with Crippen molar-refractivity contribution in [2.24, 2.45) is 5.92 Å². The average Bonchev–Trinajstić information content (AvgIpc) is 2.71. The van der Waals surface area contributed by atoms with Gasteiger partial charge in [-0.1, -0.05) is 43.7 Å². The highest BCUT2D eigenvalue weighted by atomic mass is 16.5. The van der Waals surface area contributed by atoms with E-state index >= 15 is 0 Å². The van der Waals surface area contributed by atoms with Gasteiger partial charge in [-0.3, -0.25) is 4.79 Å². The summed E-state index contributed by atoms with van der Waals surface area (Å²) >= 11 is 0. The molecule has 4 heteroatoms. The number of ether oxygens (including phenoxy) is 1. The second-order valence-corrected chi connectivity index (χ2v) is 7.85. The summed E-state index contributed by atoms with van der Waals surface area (Å²) in [5.41, 5.74) is 5.30. The van der Waals surface area contributed by atoms with Crippen LogP contribution in [0.2, 0.25) is 0 Å². The third-order valence-electron chi connectivity index (χ3n) is 5.47. The van der Waals surface area contributed by atoms with E-state index in [1.165, 1.54) is 29.5 Å². The lowest BCUT2D eigenvalue weighted by Crippen LogP contribution is -2.17. The van der Waals surface area contributed by atoms with Gasteiger partial charge in [0.2, 0.25) is 0 Å². The summed E-state index contributed by atoms with van der Waals surface area (Å²) in [6.07, 6.45) is 4.71. The minimum atomic E-state index is -0.777. The van der Waals surface area contributed by atoms with Gasteiger partial charge in [0.1, 0.15) is 5.75 Å². The van der Waals surface area contributed by atoms with Gasteiger partial charge >= 0.3 is 5.97 Å². The van der Waals surface area contributed by atoms with Gasteiger partial charge < -0.3 is 15.2 Å². The van der Waals surface area contributed by atoms with Crippen LogP contribution in [-0.2, 0) is 17.8 Å². The Kier molecular flexibility index (Phi) is 9.72. The molecule has 158 valence electrons. The summed E-state index contributed by atoms with van der Waals surface area (Å²) < 4.78 is 5.90. The van der Waals surface area contributed by atoms with Crippen molar-refractivity contribution in [1.82, 2.24) is 5.32 Å². The molecule has 1 atom stereocenters. The molecular formula is C25H35NO3. The van der Waals surface area contributed by atoms with Crippen molar-refractivity contribution >= 4 is 5.97 Å². The zero-order valence-corrected chi connectivity index (χ0v) is 18.0. The van der Waals surface area contributed by atoms with Crippen LogP contribution in [0.25, 0.3) is 0 Å². The Morgan fingerprint density at radius 1 is 1.07 bits per heavy atom. The lowest BCUT2D eigenvalue weighted by Gasteiger charge is -2.16. The fraction of sp³-hybridized carbons (Fsp3) is 0.480. The molecule has 0 radical (unpaired) electrons. The first-order valence-electron chi connectivity index (χ1n) is 10.7. The van der Waals surface area contributed by atoms with Gasteiger partial charge in [0.05, 0.1) is 13.0 Å². The largest absolute Gasteiger partial charge is 0.494 e. The van der Waals surface area contributed by atoms with E-state index in [2.05, 4.69) is 44.3 Å². The molecule has 0 amide bonds. The van der Waals surface area contributed by atoms with Crippen molar-refractivity contribution < 1.29 is 14.6 Å². The number of nitrogens with one attached hydrogen (secondary N) is 1. The maximum atomic E-state index is 10.5. The number of rotatable bonds is 13. The first-order chi connectivity index (χ1) is 14.0. The predicted octanol–water partition coefficient (Wildman–Crippen LogP) is 5.30. The summed E-state index contributed by atoms with van der Waals surface area (Å²) in [6.45, 7) is 8.51. The van der Waals surface area contributed by atoms with Gasteiger partial charge in [-0.2, -0.15) is 0 Å². The number of hydrogen-bond donors (Lipinski definition) is 2. The third kappa shape index (κ3) is 8.70. The minimum absolute atomic E-state index is 0.142. The molecule has 2 rings (SSSR count). The molecule has 0 fully saturated rings. The van der Waals surface area contributed by atoms with E-state index in [1.807, 2.05) is 24.3 Å². The van der Waals surface area contributed by atoms with Gasteiger partial charge in [-0.05, 0) is 73.4 Å². The smallest absolute Gasteiger partial charge is 0.304 e. The van der Waals surface area contributed by atoms with Crippen molar-refractivity contribution in [1.29, 1.82) is 0 Å². The van der Waals surface area contributed by atoms with E-state index in [4.69, 9.17) is 9.84 Å². The van der Waals surface area contributed by atoms with Crippen LogP contribution >= 0.6 is 0 Å². The zero-order chi connectivity index (χ0) is 21.1. The van der Waals surface area contributed by atoms with E-state index in [1.54, 1.807) is 0 Å². The lowest BCUT2D eigenvalue weighted by atomic mass is 9.91. The van der Waals surface area contributed by atoms with Crippen LogP contribution in [0.3, 0.4) is 0 Å². The first kappa shape index (κ1) is 23.0. The van der Waals surface area contributed by atoms with Crippen molar-refractivity contribution in [3.05, 3.63) is 64.7 Å². The molecule has 0 bridgehead atoms. The highest BCUT2D eigenvalue weighted by molar-refractivity contribution is 5.66. The highest BCUT2D eigenvalue weighted by Gasteiger charge is 2.08. The van der Waals surface area contributed by atoms with Crippen LogP contribution in [0.15, 0.2) is 42.5 Å². The molecule has 0 aromatic heterocycles. The molecule has 2 N–H and O–H groups in total. The van der Waals surface area contributed by atoms with Gasteiger partial charge in [-0.25, -0.2) is 0 Å². The molecule has 1 unspecified atom stereocenters. The minimum Gasteiger partial charge on any atom is -0.494 e. The van der Waals surface area contributed by atoms with Crippen LogP contribution < -0.4 is 10.1 Å². The average molecular weight is 398 g/mol. The van der Waals surface area contributed by atoms with Crippen LogP contribution in [0.4, 0.5) is 0 Å². The maximum Gasteiger partial charge on any atom is 0.304 e. The Bertz CT molecular complexity index is 755. The molecule has 0 saturated heterocycles. The van der Waals surface area contributed by atoms with Crippen molar-refractivity contribution in [2.75, 3.05) is 13.2 Å². The summed E-state index contributed by atoms with van der Waals surface area (Å²) in [6, 6.07) is 14.8. The van der Waals surface area contributed by atoms with E-state index < -0.39 is 5.97 Å². The van der Waals surface area contributed by atoms with Crippen molar-refractivity contribution in [2.45, 2.75) is 59.4 Å². The molecule has 0 aliphatic rings. The molecule has 0 heterocycles. The number of carboxylic acids is 1. The first-order valence-corrected chi connectivity index (χ1v) is 10.7. The fourth-order valence-electron chi connectivity index (χ4n) is 3.41. The molecular weight excluding hydrogens is 362 g/mol. The quantitative estimate of drug-likeness (QED) is 0.451. The van der Waals surface area contributed by atoms with E-state index in [0.29, 0.717) is 19.0 Å². The van der Waals surface area contributed by atoms with Crippen LogP contribution in [0, 0.1) is 19.8 Å². The summed E-state index contributed by atoms with van der Waals surface area (Å²) in [5.74, 6) is 0.807. The normalized spacial score (nSPS) is 12.0. The van der Waals surface area contributed by atoms with Gasteiger partial charge in [0.25, 0.3) is 0 Å². The van der Waals surface area contributed by atoms with Crippen molar-refractivity contribution in [3.63, 3.8) is 0 Å². The molecule has 0 spiro atoms. The molecule has 0 saturated carbocycles. The summed E-state index contributed by atoms with van der Waals surface area (Å²) in [5, 5.41) is 11.8. The summed E-state index contributed by atoms with van der Waals surface area (Å²) in [4.78, 5) is 10.5. The Hall–Kier alpha value is -2.33. The Labute approximate surface area is 175 Å². The van der Waals surface area contributed by atoms with Crippen LogP contribution in [0.5, 0.6) is 5.75 Å². The molecule has 0 aliphatic heterocycles. The molecule has 2 aromatic carbocycles. The van der Waals surface area contributed by atoms with E-state index in [9.17, 15) is 4.79 Å². The van der Waals surface area contributed by atoms with Crippen LogP contribution in [0.1, 0.15) is 54.9 Å². The van der Waals surface area contributed by atoms with Gasteiger partial charge in [0.15, 0.2) is 0 Å². The SMILES string of the molecule is CCC(CCCOc1ccc(CNCCC(=O)O)cc1)Cc1ccc(C)c(C)c1. The number of benzene rings is 2. The van der Waals surface area contributed by atoms with E-state index in [0.717, 1.165) is 30.8 Å². The maximum absolute atomic E-state index is 10.5. The molecule has 4 nitrogen and oxygen atoms in total. The van der Waals surface area contributed by atoms with E-state index in [-0.39, 0.29) is 6.42 Å². The Morgan fingerprint density at radius 3 is 2.45 bits per heavy atom. The number of hydrogen-bond acceptors (Lipinski definition) is 3. The third-order valence-corrected chi connectivity index (χ3v) is 5.47. The zero-order valence-electron chi connectivity index (χ0n) is 18.0. The standard InChI is InChI=1S/C25H35NO3/c1-4-21(17-23-8-7-19(2)20(3)16-23)6-5-15-29-24-11-9-22(10-12-24)18-26-14-13-25(27)28/h7-12,16,21,26H,4-6,13-15,17-18H2,1-3H3,(H,27,28). The van der Waals surface area contributed by atoms with Crippen molar-refractivity contribution in [3.8, 4) is 5.75 Å². The number of carboxylic acid groups (broad SMARTS) is 1. The molecule has 2 aromatic rings. The number of aliphatic carboxylic acids is 1. The Balaban J connectivity index is 1.67. The second-order valence-electron chi connectivity index (χ2n) is 7.85. The van der Waals surface area contributed by atoms with Gasteiger partial charge in [-0.15, -0.1) is 0 Å². The predicted molar refractivity (Wildman–Crippen MR) is 119 cm³/mol. The molecule has 0 aliphatic carbocycles. The fourth-order valence-corrected chi connectivity index (χ4v) is 3.41. The topological polar surface area (TPSA) is 58.6 Å². The summed E-state index contributed by atoms with van der Waals surface area (Å²) in [7, 11) is 0. The number of carbonyl (C=O) groups is 1. The monoisotopic (exact) mass is 397 g/mol. The second kappa shape index (κ2) is 12.3. The lowest BCUT2D eigenvalue weighted by molar-refractivity contribution is -0.136. The Morgan fingerprint density at radius 2 is 1.79 bits per heavy atom. The highest BCUT2D eigenvalue weighted by Crippen LogP contribution is 2.20.